The molecule has 3 aromatic rings. The van der Waals surface area contributed by atoms with Crippen molar-refractivity contribution in [3.05, 3.63) is 59.1 Å². The number of para-hydroxylation sites is 1. The predicted molar refractivity (Wildman–Crippen MR) is 111 cm³/mol. The molecule has 1 atom stereocenters. The molecule has 1 aliphatic heterocycles. The zero-order valence-corrected chi connectivity index (χ0v) is 17.2. The SMILES string of the molecule is N#C[C@H](C(=O)c1ccc(S(=O)(=O)N2CCCCC2)cc1)c1nc2ccccc2s1. The monoisotopic (exact) mass is 425 g/mol. The quantitative estimate of drug-likeness (QED) is 0.577. The minimum atomic E-state index is -3.55. The van der Waals surface area contributed by atoms with E-state index in [0.717, 1.165) is 29.5 Å². The van der Waals surface area contributed by atoms with Gasteiger partial charge in [-0.05, 0) is 37.1 Å². The summed E-state index contributed by atoms with van der Waals surface area (Å²) < 4.78 is 27.9. The van der Waals surface area contributed by atoms with E-state index in [1.807, 2.05) is 30.3 Å². The number of hydrogen-bond donors (Lipinski definition) is 0. The first-order valence-electron chi connectivity index (χ1n) is 9.40. The predicted octanol–water partition coefficient (Wildman–Crippen LogP) is 3.96. The Morgan fingerprint density at radius 3 is 2.41 bits per heavy atom. The number of aromatic nitrogens is 1. The van der Waals surface area contributed by atoms with Crippen molar-refractivity contribution in [3.8, 4) is 6.07 Å². The second-order valence-corrected chi connectivity index (χ2v) is 9.94. The maximum Gasteiger partial charge on any atom is 0.243 e. The molecule has 1 saturated heterocycles. The first kappa shape index (κ1) is 19.7. The first-order chi connectivity index (χ1) is 14.0. The Hall–Kier alpha value is -2.60. The van der Waals surface area contributed by atoms with Gasteiger partial charge in [-0.3, -0.25) is 4.79 Å². The van der Waals surface area contributed by atoms with Crippen LogP contribution in [0.15, 0.2) is 53.4 Å². The molecule has 0 radical (unpaired) electrons. The number of Topliss-reactive ketones (excluding diaryl/α,β-unsaturated/α-hetero) is 1. The lowest BCUT2D eigenvalue weighted by atomic mass is 9.99. The Kier molecular flexibility index (Phi) is 5.46. The Morgan fingerprint density at radius 2 is 1.76 bits per heavy atom. The fourth-order valence-electron chi connectivity index (χ4n) is 3.45. The molecule has 0 unspecified atom stereocenters. The summed E-state index contributed by atoms with van der Waals surface area (Å²) in [5.74, 6) is -1.40. The normalized spacial score (nSPS) is 16.4. The van der Waals surface area contributed by atoms with Gasteiger partial charge < -0.3 is 0 Å². The van der Waals surface area contributed by atoms with E-state index in [0.29, 0.717) is 23.7 Å². The lowest BCUT2D eigenvalue weighted by Gasteiger charge is -2.25. The molecule has 6 nitrogen and oxygen atoms in total. The fourth-order valence-corrected chi connectivity index (χ4v) is 5.98. The molecule has 1 aromatic heterocycles. The molecule has 2 aromatic carbocycles. The van der Waals surface area contributed by atoms with Crippen molar-refractivity contribution < 1.29 is 13.2 Å². The van der Waals surface area contributed by atoms with E-state index in [4.69, 9.17) is 0 Å². The molecule has 1 aliphatic rings. The number of nitrogens with zero attached hydrogens (tertiary/aromatic N) is 3. The highest BCUT2D eigenvalue weighted by molar-refractivity contribution is 7.89. The number of nitriles is 1. The van der Waals surface area contributed by atoms with Crippen LogP contribution in [-0.2, 0) is 10.0 Å². The average molecular weight is 426 g/mol. The number of benzene rings is 2. The van der Waals surface area contributed by atoms with Crippen molar-refractivity contribution >= 4 is 37.4 Å². The van der Waals surface area contributed by atoms with Crippen molar-refractivity contribution in [3.63, 3.8) is 0 Å². The summed E-state index contributed by atoms with van der Waals surface area (Å²) >= 11 is 1.32. The number of carbonyl (C=O) groups is 1. The molecule has 148 valence electrons. The standard InChI is InChI=1S/C21H19N3O3S2/c22-14-17(21-23-18-6-2-3-7-19(18)28-21)20(25)15-8-10-16(11-9-15)29(26,27)24-12-4-1-5-13-24/h2-3,6-11,17H,1,4-5,12-13H2/t17-/m1/s1. The van der Waals surface area contributed by atoms with Gasteiger partial charge in [0.25, 0.3) is 0 Å². The van der Waals surface area contributed by atoms with Gasteiger partial charge in [0.15, 0.2) is 11.7 Å². The van der Waals surface area contributed by atoms with Crippen LogP contribution >= 0.6 is 11.3 Å². The Labute approximate surface area is 173 Å². The summed E-state index contributed by atoms with van der Waals surface area (Å²) in [6.45, 7) is 1.05. The van der Waals surface area contributed by atoms with Gasteiger partial charge in [0.05, 0.1) is 21.2 Å². The Balaban J connectivity index is 1.59. The zero-order valence-electron chi connectivity index (χ0n) is 15.6. The van der Waals surface area contributed by atoms with Gasteiger partial charge in [-0.2, -0.15) is 9.57 Å². The van der Waals surface area contributed by atoms with Gasteiger partial charge in [0.1, 0.15) is 5.01 Å². The number of thiazole rings is 1. The van der Waals surface area contributed by atoms with Crippen molar-refractivity contribution in [2.45, 2.75) is 30.1 Å². The number of sulfonamides is 1. The van der Waals surface area contributed by atoms with Gasteiger partial charge in [-0.1, -0.05) is 30.7 Å². The molecular formula is C21H19N3O3S2. The minimum absolute atomic E-state index is 0.171. The highest BCUT2D eigenvalue weighted by Gasteiger charge is 2.28. The lowest BCUT2D eigenvalue weighted by Crippen LogP contribution is -2.35. The third-order valence-electron chi connectivity index (χ3n) is 5.04. The number of fused-ring (bicyclic) bond motifs is 1. The topological polar surface area (TPSA) is 91.1 Å². The summed E-state index contributed by atoms with van der Waals surface area (Å²) in [5, 5.41) is 10.0. The van der Waals surface area contributed by atoms with E-state index in [1.54, 1.807) is 0 Å². The number of carbonyl (C=O) groups excluding carboxylic acids is 1. The van der Waals surface area contributed by atoms with E-state index >= 15 is 0 Å². The van der Waals surface area contributed by atoms with E-state index in [2.05, 4.69) is 4.98 Å². The number of piperidine rings is 1. The molecule has 0 spiro atoms. The first-order valence-corrected chi connectivity index (χ1v) is 11.7. The molecule has 0 saturated carbocycles. The molecule has 8 heteroatoms. The molecule has 0 aliphatic carbocycles. The molecule has 1 fully saturated rings. The van der Waals surface area contributed by atoms with Crippen molar-refractivity contribution in [1.29, 1.82) is 5.26 Å². The molecule has 29 heavy (non-hydrogen) atoms. The van der Waals surface area contributed by atoms with Crippen LogP contribution in [0.2, 0.25) is 0 Å². The summed E-state index contributed by atoms with van der Waals surface area (Å²) in [7, 11) is -3.55. The van der Waals surface area contributed by atoms with Crippen LogP contribution in [0.5, 0.6) is 0 Å². The fraction of sp³-hybridized carbons (Fsp3) is 0.286. The van der Waals surface area contributed by atoms with Crippen LogP contribution in [0.4, 0.5) is 0 Å². The summed E-state index contributed by atoms with van der Waals surface area (Å²) in [5.41, 5.74) is 1.05. The zero-order chi connectivity index (χ0) is 20.4. The van der Waals surface area contributed by atoms with Crippen molar-refractivity contribution in [2.75, 3.05) is 13.1 Å². The molecule has 0 amide bonds. The highest BCUT2D eigenvalue weighted by atomic mass is 32.2. The van der Waals surface area contributed by atoms with Crippen LogP contribution in [-0.4, -0.2) is 36.6 Å². The largest absolute Gasteiger partial charge is 0.292 e. The molecule has 0 N–H and O–H groups in total. The van der Waals surface area contributed by atoms with E-state index in [9.17, 15) is 18.5 Å². The van der Waals surface area contributed by atoms with Crippen molar-refractivity contribution in [2.24, 2.45) is 0 Å². The number of hydrogen-bond acceptors (Lipinski definition) is 6. The van der Waals surface area contributed by atoms with Gasteiger partial charge in [0, 0.05) is 18.7 Å². The van der Waals surface area contributed by atoms with Crippen LogP contribution in [0, 0.1) is 11.3 Å². The van der Waals surface area contributed by atoms with Crippen LogP contribution in [0.3, 0.4) is 0 Å². The maximum atomic E-state index is 12.9. The molecular weight excluding hydrogens is 406 g/mol. The third-order valence-corrected chi connectivity index (χ3v) is 8.05. The molecule has 4 rings (SSSR count). The van der Waals surface area contributed by atoms with E-state index < -0.39 is 15.9 Å². The highest BCUT2D eigenvalue weighted by Crippen LogP contribution is 2.30. The van der Waals surface area contributed by atoms with E-state index in [1.165, 1.54) is 39.9 Å². The van der Waals surface area contributed by atoms with Crippen LogP contribution < -0.4 is 0 Å². The summed E-state index contributed by atoms with van der Waals surface area (Å²) in [4.78, 5) is 17.5. The van der Waals surface area contributed by atoms with Crippen LogP contribution in [0.1, 0.15) is 40.5 Å². The molecule has 0 bridgehead atoms. The minimum Gasteiger partial charge on any atom is -0.292 e. The third kappa shape index (κ3) is 3.81. The molecule has 2 heterocycles. The smallest absolute Gasteiger partial charge is 0.243 e. The lowest BCUT2D eigenvalue weighted by molar-refractivity contribution is 0.0978. The second kappa shape index (κ2) is 8.03. The number of rotatable bonds is 5. The van der Waals surface area contributed by atoms with Gasteiger partial charge in [0.2, 0.25) is 10.0 Å². The second-order valence-electron chi connectivity index (χ2n) is 6.94. The Bertz CT molecular complexity index is 1150. The van der Waals surface area contributed by atoms with Crippen LogP contribution in [0.25, 0.3) is 10.2 Å². The summed E-state index contributed by atoms with van der Waals surface area (Å²) in [6.07, 6.45) is 2.77. The maximum absolute atomic E-state index is 12.9. The summed E-state index contributed by atoms with van der Waals surface area (Å²) in [6, 6.07) is 15.4. The van der Waals surface area contributed by atoms with E-state index in [-0.39, 0.29) is 10.7 Å². The number of ketones is 1. The van der Waals surface area contributed by atoms with Gasteiger partial charge in [-0.25, -0.2) is 13.4 Å². The van der Waals surface area contributed by atoms with Gasteiger partial charge in [-0.15, -0.1) is 11.3 Å². The van der Waals surface area contributed by atoms with Crippen molar-refractivity contribution in [1.82, 2.24) is 9.29 Å². The Morgan fingerprint density at radius 1 is 1.07 bits per heavy atom. The van der Waals surface area contributed by atoms with Gasteiger partial charge >= 0.3 is 0 Å². The average Bonchev–Trinajstić information content (AvgIpc) is 3.18.